The second kappa shape index (κ2) is 35.6. The first-order chi connectivity index (χ1) is 48.8. The second-order valence-electron chi connectivity index (χ2n) is 31.4. The van der Waals surface area contributed by atoms with E-state index in [1.54, 1.807) is 4.31 Å². The van der Waals surface area contributed by atoms with Gasteiger partial charge in [-0.3, -0.25) is 9.59 Å². The van der Waals surface area contributed by atoms with Crippen LogP contribution < -0.4 is 16.0 Å². The van der Waals surface area contributed by atoms with Crippen LogP contribution in [-0.2, 0) is 19.6 Å². The van der Waals surface area contributed by atoms with Gasteiger partial charge in [-0.05, 0) is 209 Å². The number of fused-ring (bicyclic) bond motifs is 3. The molecule has 7 aliphatic rings. The first-order valence-electron chi connectivity index (χ1n) is 39.8. The lowest BCUT2D eigenvalue weighted by atomic mass is 9.86. The summed E-state index contributed by atoms with van der Waals surface area (Å²) in [4.78, 5) is 58.6. The Morgan fingerprint density at radius 2 is 0.782 bits per heavy atom. The van der Waals surface area contributed by atoms with Crippen LogP contribution in [-0.4, -0.2) is 175 Å². The molecule has 6 N–H and O–H groups in total. The summed E-state index contributed by atoms with van der Waals surface area (Å²) in [7, 11) is -3.14. The molecule has 0 aromatic carbocycles. The van der Waals surface area contributed by atoms with E-state index in [0.29, 0.717) is 103 Å². The quantitative estimate of drug-likeness (QED) is 0.0369. The Morgan fingerprint density at radius 3 is 1.10 bits per heavy atom. The molecule has 0 radical (unpaired) electrons. The van der Waals surface area contributed by atoms with Crippen LogP contribution in [0.4, 0.5) is 17.8 Å². The molecule has 3 atom stereocenters. The molecule has 13 rings (SSSR count). The van der Waals surface area contributed by atoms with E-state index in [2.05, 4.69) is 112 Å². The van der Waals surface area contributed by atoms with E-state index in [0.717, 1.165) is 233 Å². The number of nitrogens with one attached hydrogen (secondary N) is 3. The van der Waals surface area contributed by atoms with Crippen molar-refractivity contribution >= 4 is 72.8 Å². The van der Waals surface area contributed by atoms with Gasteiger partial charge in [0.15, 0.2) is 0 Å². The van der Waals surface area contributed by atoms with E-state index in [-0.39, 0.29) is 24.2 Å². The van der Waals surface area contributed by atoms with Crippen molar-refractivity contribution in [3.63, 3.8) is 0 Å². The van der Waals surface area contributed by atoms with Crippen LogP contribution >= 0.6 is 0 Å². The minimum atomic E-state index is -3.14. The monoisotopic (exact) mass is 1410 g/mol. The third kappa shape index (κ3) is 19.3. The molecule has 101 heavy (non-hydrogen) atoms. The Labute approximate surface area is 601 Å². The van der Waals surface area contributed by atoms with Gasteiger partial charge in [0.25, 0.3) is 0 Å². The smallest absolute Gasteiger partial charge is 0.225 e. The van der Waals surface area contributed by atoms with Crippen molar-refractivity contribution in [3.05, 3.63) is 53.9 Å². The van der Waals surface area contributed by atoms with Gasteiger partial charge in [0.05, 0.1) is 24.6 Å². The van der Waals surface area contributed by atoms with Crippen molar-refractivity contribution in [2.75, 3.05) is 61.5 Å². The Hall–Kier alpha value is -6.01. The lowest BCUT2D eigenvalue weighted by Gasteiger charge is -2.35. The highest BCUT2D eigenvalue weighted by molar-refractivity contribution is 7.88. The fourth-order valence-electron chi connectivity index (χ4n) is 17.7. The SMILES string of the molecule is CCCC(=O)N1CCC(c2cn(C3CCC(O)CC3)c3nc(N[C@@H](C)CCC)ncc23)CC1.CCC[C@H](C)Nc1ncc2c(C3CCN(C(=O)C4CCCCC4)CC3)cn(C3CCC(O)CC3)c2n1.CCC[C@H](C)Nc1ncc2c(C3CCN(S(C)(=O)=O)CC3)cn(C3CCC(O)CC3)c2n1. The lowest BCUT2D eigenvalue weighted by Crippen LogP contribution is -2.41. The van der Waals surface area contributed by atoms with Crippen molar-refractivity contribution < 1.29 is 33.3 Å². The number of sulfonamides is 1. The third-order valence-electron chi connectivity index (χ3n) is 23.6. The molecule has 7 fully saturated rings. The molecule has 9 heterocycles. The summed E-state index contributed by atoms with van der Waals surface area (Å²) in [5.74, 6) is 4.17. The van der Waals surface area contributed by atoms with E-state index in [1.807, 2.05) is 23.5 Å². The number of rotatable bonds is 22. The zero-order valence-corrected chi connectivity index (χ0v) is 63.2. The van der Waals surface area contributed by atoms with Gasteiger partial charge in [0, 0.05) is 141 Å². The number of hydrogen-bond donors (Lipinski definition) is 6. The lowest BCUT2D eigenvalue weighted by molar-refractivity contribution is -0.137. The minimum absolute atomic E-state index is 0.171. The van der Waals surface area contributed by atoms with E-state index in [9.17, 15) is 33.3 Å². The van der Waals surface area contributed by atoms with Gasteiger partial charge in [-0.2, -0.15) is 15.0 Å². The number of amides is 2. The highest BCUT2D eigenvalue weighted by Gasteiger charge is 2.35. The van der Waals surface area contributed by atoms with E-state index >= 15 is 0 Å². The van der Waals surface area contributed by atoms with E-state index in [1.165, 1.54) is 42.2 Å². The first kappa shape index (κ1) is 76.1. The summed E-state index contributed by atoms with van der Waals surface area (Å²) in [6, 6.07) is 2.04. The summed E-state index contributed by atoms with van der Waals surface area (Å²) in [5, 5.41) is 43.9. The van der Waals surface area contributed by atoms with Crippen molar-refractivity contribution in [1.82, 2.24) is 57.7 Å². The number of aromatic nitrogens is 9. The molecule has 4 saturated carbocycles. The number of aliphatic hydroxyl groups excluding tert-OH is 3. The number of carbonyl (C=O) groups is 2. The molecular weight excluding hydrogens is 1290 g/mol. The number of piperidine rings is 3. The van der Waals surface area contributed by atoms with Crippen LogP contribution in [0.15, 0.2) is 37.2 Å². The molecule has 558 valence electrons. The highest BCUT2D eigenvalue weighted by Crippen LogP contribution is 2.43. The summed E-state index contributed by atoms with van der Waals surface area (Å²) in [6.07, 6.45) is 44.1. The zero-order chi connectivity index (χ0) is 71.3. The van der Waals surface area contributed by atoms with Crippen LogP contribution in [0.25, 0.3) is 33.1 Å². The van der Waals surface area contributed by atoms with Gasteiger partial charge in [0.2, 0.25) is 39.7 Å². The maximum Gasteiger partial charge on any atom is 0.225 e. The molecule has 3 aliphatic heterocycles. The first-order valence-corrected chi connectivity index (χ1v) is 41.6. The molecule has 23 heteroatoms. The fraction of sp³-hybridized carbons (Fsp3) is 0.744. The average Bonchev–Trinajstić information content (AvgIpc) is 1.63. The molecule has 3 saturated heterocycles. The van der Waals surface area contributed by atoms with Crippen molar-refractivity contribution in [2.45, 2.75) is 320 Å². The topological polar surface area (TPSA) is 267 Å². The molecule has 2 amide bonds. The number of likely N-dealkylation sites (tertiary alicyclic amines) is 2. The standard InChI is InChI=1S/C29H45N5O2.C26H41N5O2.C23H37N5O3S/c1-3-7-20(2)31-29-30-18-25-26(19-34(27(25)32-29)23-10-12-24(35)13-11-23)21-14-16-33(17-15-21)28(36)22-8-5-4-6-9-22;1-4-6-18(3)28-26-27-16-22-23(19-12-14-30(15-13-19)24(33)7-5-2)17-31(25(22)29-26)20-8-10-21(32)11-9-20;1-4-5-16(2)25-23-24-14-20-21(17-10-12-27(13-11-17)32(3,30)31)15-28(22(20)26-23)18-6-8-19(29)9-7-18/h18-24,35H,3-17H2,1-2H3,(H,30,31,32);16-21,32H,4-15H2,1-3H3,(H,27,28,29);14-19,29H,4-13H2,1-3H3,(H,24,25,26)/t20-,23?,24?;18-,20?,21?;16-,18?,19?/m000/s1. The van der Waals surface area contributed by atoms with E-state index < -0.39 is 10.0 Å². The third-order valence-corrected chi connectivity index (χ3v) is 24.9. The normalized spacial score (nSPS) is 24.3. The molecule has 6 aromatic rings. The van der Waals surface area contributed by atoms with Gasteiger partial charge in [-0.25, -0.2) is 27.7 Å². The molecular formula is C78H123N15O7S. The summed E-state index contributed by atoms with van der Waals surface area (Å²) in [6.45, 7) is 19.6. The summed E-state index contributed by atoms with van der Waals surface area (Å²) < 4.78 is 32.5. The van der Waals surface area contributed by atoms with Crippen molar-refractivity contribution in [3.8, 4) is 0 Å². The van der Waals surface area contributed by atoms with Crippen molar-refractivity contribution in [1.29, 1.82) is 0 Å². The molecule has 0 spiro atoms. The summed E-state index contributed by atoms with van der Waals surface area (Å²) >= 11 is 0. The Kier molecular flexibility index (Phi) is 26.9. The van der Waals surface area contributed by atoms with Gasteiger partial charge in [-0.1, -0.05) is 66.2 Å². The largest absolute Gasteiger partial charge is 0.393 e. The number of anilines is 3. The van der Waals surface area contributed by atoms with Crippen LogP contribution in [0.1, 0.15) is 300 Å². The maximum atomic E-state index is 13.1. The van der Waals surface area contributed by atoms with Crippen LogP contribution in [0.5, 0.6) is 0 Å². The molecule has 0 bridgehead atoms. The zero-order valence-electron chi connectivity index (χ0n) is 62.4. The van der Waals surface area contributed by atoms with Crippen LogP contribution in [0, 0.1) is 5.92 Å². The molecule has 0 unspecified atom stereocenters. The molecule has 6 aromatic heterocycles. The Balaban J connectivity index is 0.000000153. The van der Waals surface area contributed by atoms with Gasteiger partial charge in [-0.15, -0.1) is 0 Å². The Morgan fingerprint density at radius 1 is 0.455 bits per heavy atom. The highest BCUT2D eigenvalue weighted by atomic mass is 32.2. The average molecular weight is 1420 g/mol. The predicted octanol–water partition coefficient (Wildman–Crippen LogP) is 14.5. The molecule has 4 aliphatic carbocycles. The van der Waals surface area contributed by atoms with Crippen LogP contribution in [0.3, 0.4) is 0 Å². The maximum absolute atomic E-state index is 13.1. The second-order valence-corrected chi connectivity index (χ2v) is 33.4. The van der Waals surface area contributed by atoms with Gasteiger partial charge >= 0.3 is 0 Å². The number of nitrogens with zero attached hydrogens (tertiary/aromatic N) is 12. The minimum Gasteiger partial charge on any atom is -0.393 e. The number of aliphatic hydroxyl groups is 3. The summed E-state index contributed by atoms with van der Waals surface area (Å²) in [5.41, 5.74) is 6.88. The number of hydrogen-bond acceptors (Lipinski definition) is 16. The van der Waals surface area contributed by atoms with Crippen LogP contribution in [0.2, 0.25) is 0 Å². The van der Waals surface area contributed by atoms with E-state index in [4.69, 9.17) is 19.9 Å². The predicted molar refractivity (Wildman–Crippen MR) is 404 cm³/mol. The fourth-order valence-corrected chi connectivity index (χ4v) is 18.6. The van der Waals surface area contributed by atoms with Gasteiger partial charge < -0.3 is 54.8 Å². The Bertz CT molecular complexity index is 3730. The van der Waals surface area contributed by atoms with Crippen molar-refractivity contribution in [2.24, 2.45) is 5.92 Å². The van der Waals surface area contributed by atoms with Gasteiger partial charge in [0.1, 0.15) is 16.9 Å². The molecule has 22 nitrogen and oxygen atoms in total. The number of carbonyl (C=O) groups excluding carboxylic acids is 2.